The fourth-order valence-electron chi connectivity index (χ4n) is 3.56. The van der Waals surface area contributed by atoms with E-state index in [9.17, 15) is 9.59 Å². The highest BCUT2D eigenvalue weighted by atomic mass is 79.9. The van der Waals surface area contributed by atoms with Crippen LogP contribution in [0.3, 0.4) is 0 Å². The van der Waals surface area contributed by atoms with Gasteiger partial charge >= 0.3 is 0 Å². The molecule has 124 valence electrons. The van der Waals surface area contributed by atoms with Gasteiger partial charge in [0.05, 0.1) is 12.5 Å². The lowest BCUT2D eigenvalue weighted by atomic mass is 10.0. The zero-order valence-corrected chi connectivity index (χ0v) is 14.8. The molecule has 6 heteroatoms. The molecule has 1 aromatic rings. The molecule has 5 nitrogen and oxygen atoms in total. The molecule has 0 bridgehead atoms. The van der Waals surface area contributed by atoms with Gasteiger partial charge in [-0.05, 0) is 29.5 Å². The molecule has 1 unspecified atom stereocenters. The van der Waals surface area contributed by atoms with Crippen LogP contribution in [0.15, 0.2) is 28.7 Å². The maximum atomic E-state index is 12.7. The van der Waals surface area contributed by atoms with Gasteiger partial charge in [0.2, 0.25) is 11.8 Å². The van der Waals surface area contributed by atoms with E-state index in [0.717, 1.165) is 36.2 Å². The van der Waals surface area contributed by atoms with Gasteiger partial charge < -0.3 is 15.5 Å². The number of carbonyl (C=O) groups is 2. The minimum absolute atomic E-state index is 0.117. The van der Waals surface area contributed by atoms with Crippen LogP contribution in [-0.2, 0) is 9.59 Å². The lowest BCUT2D eigenvalue weighted by Crippen LogP contribution is -2.36. The summed E-state index contributed by atoms with van der Waals surface area (Å²) in [5.41, 5.74) is 0.956. The second kappa shape index (κ2) is 7.01. The number of halogens is 1. The predicted molar refractivity (Wildman–Crippen MR) is 91.7 cm³/mol. The molecule has 2 saturated heterocycles. The van der Waals surface area contributed by atoms with Crippen molar-refractivity contribution in [3.8, 4) is 0 Å². The summed E-state index contributed by atoms with van der Waals surface area (Å²) in [6, 6.07) is 7.48. The van der Waals surface area contributed by atoms with E-state index in [2.05, 4.69) is 26.6 Å². The smallest absolute Gasteiger partial charge is 0.225 e. The molecule has 2 aliphatic heterocycles. The highest BCUT2D eigenvalue weighted by Crippen LogP contribution is 2.28. The Morgan fingerprint density at radius 3 is 2.43 bits per heavy atom. The standard InChI is InChI=1S/C17H22BrN3O2/c1-11(22)20-16(12-2-4-15(18)5-3-12)6-17(23)21-9-13-7-19-8-14(13)10-21/h2-5,13-14,16,19H,6-10H2,1H3,(H,20,22)/t13-,14+,16?. The topological polar surface area (TPSA) is 61.4 Å². The van der Waals surface area contributed by atoms with E-state index in [0.29, 0.717) is 18.3 Å². The van der Waals surface area contributed by atoms with E-state index in [1.165, 1.54) is 6.92 Å². The summed E-state index contributed by atoms with van der Waals surface area (Å²) >= 11 is 3.41. The Morgan fingerprint density at radius 1 is 1.26 bits per heavy atom. The maximum Gasteiger partial charge on any atom is 0.225 e. The van der Waals surface area contributed by atoms with Gasteiger partial charge in [0.15, 0.2) is 0 Å². The number of hydrogen-bond acceptors (Lipinski definition) is 3. The zero-order chi connectivity index (χ0) is 16.4. The molecule has 23 heavy (non-hydrogen) atoms. The van der Waals surface area contributed by atoms with Crippen molar-refractivity contribution in [2.75, 3.05) is 26.2 Å². The number of nitrogens with one attached hydrogen (secondary N) is 2. The summed E-state index contributed by atoms with van der Waals surface area (Å²) in [5, 5.41) is 6.29. The van der Waals surface area contributed by atoms with Crippen LogP contribution in [0.5, 0.6) is 0 Å². The summed E-state index contributed by atoms with van der Waals surface area (Å²) in [7, 11) is 0. The highest BCUT2D eigenvalue weighted by molar-refractivity contribution is 9.10. The first-order valence-corrected chi connectivity index (χ1v) is 8.83. The number of rotatable bonds is 4. The zero-order valence-electron chi connectivity index (χ0n) is 13.2. The van der Waals surface area contributed by atoms with Crippen LogP contribution in [0.2, 0.25) is 0 Å². The average Bonchev–Trinajstić information content (AvgIpc) is 3.08. The second-order valence-electron chi connectivity index (χ2n) is 6.49. The first-order valence-electron chi connectivity index (χ1n) is 8.04. The van der Waals surface area contributed by atoms with Crippen LogP contribution in [0.25, 0.3) is 0 Å². The van der Waals surface area contributed by atoms with E-state index in [1.807, 2.05) is 29.2 Å². The molecule has 0 radical (unpaired) electrons. The Bertz CT molecular complexity index is 578. The maximum absolute atomic E-state index is 12.7. The van der Waals surface area contributed by atoms with Gasteiger partial charge in [-0.2, -0.15) is 0 Å². The van der Waals surface area contributed by atoms with E-state index < -0.39 is 0 Å². The van der Waals surface area contributed by atoms with E-state index in [1.54, 1.807) is 0 Å². The van der Waals surface area contributed by atoms with Gasteiger partial charge in [0.1, 0.15) is 0 Å². The minimum atomic E-state index is -0.272. The molecular weight excluding hydrogens is 358 g/mol. The first kappa shape index (κ1) is 16.5. The number of hydrogen-bond donors (Lipinski definition) is 2. The van der Waals surface area contributed by atoms with E-state index >= 15 is 0 Å². The number of amides is 2. The fourth-order valence-corrected chi connectivity index (χ4v) is 3.82. The Kier molecular flexibility index (Phi) is 5.02. The third kappa shape index (κ3) is 3.93. The molecule has 0 saturated carbocycles. The summed E-state index contributed by atoms with van der Waals surface area (Å²) < 4.78 is 0.981. The Morgan fingerprint density at radius 2 is 1.87 bits per heavy atom. The van der Waals surface area contributed by atoms with Crippen molar-refractivity contribution in [3.05, 3.63) is 34.3 Å². The number of benzene rings is 1. The SMILES string of the molecule is CC(=O)NC(CC(=O)N1C[C@H]2CNC[C@H]2C1)c1ccc(Br)cc1. The quantitative estimate of drug-likeness (QED) is 0.836. The van der Waals surface area contributed by atoms with Crippen LogP contribution in [0, 0.1) is 11.8 Å². The second-order valence-corrected chi connectivity index (χ2v) is 7.40. The van der Waals surface area contributed by atoms with Crippen LogP contribution < -0.4 is 10.6 Å². The first-order chi connectivity index (χ1) is 11.0. The molecule has 2 N–H and O–H groups in total. The lowest BCUT2D eigenvalue weighted by molar-refractivity contribution is -0.131. The number of likely N-dealkylation sites (tertiary alicyclic amines) is 1. The summed E-state index contributed by atoms with van der Waals surface area (Å²) in [6.45, 7) is 5.18. The summed E-state index contributed by atoms with van der Waals surface area (Å²) in [6.07, 6.45) is 0.314. The predicted octanol–water partition coefficient (Wildman–Crippen LogP) is 1.69. The molecule has 3 rings (SSSR count). The summed E-state index contributed by atoms with van der Waals surface area (Å²) in [5.74, 6) is 1.19. The normalized spacial score (nSPS) is 24.3. The monoisotopic (exact) mass is 379 g/mol. The van der Waals surface area contributed by atoms with Gasteiger partial charge in [0.25, 0.3) is 0 Å². The van der Waals surface area contributed by atoms with Gasteiger partial charge in [-0.25, -0.2) is 0 Å². The van der Waals surface area contributed by atoms with Crippen molar-refractivity contribution in [3.63, 3.8) is 0 Å². The Labute approximate surface area is 144 Å². The lowest BCUT2D eigenvalue weighted by Gasteiger charge is -2.23. The molecule has 2 aliphatic rings. The molecule has 2 fully saturated rings. The van der Waals surface area contributed by atoms with Crippen molar-refractivity contribution in [2.24, 2.45) is 11.8 Å². The third-order valence-electron chi connectivity index (χ3n) is 4.77. The van der Waals surface area contributed by atoms with Crippen molar-refractivity contribution in [1.82, 2.24) is 15.5 Å². The molecule has 2 amide bonds. The molecule has 2 heterocycles. The molecule has 0 aliphatic carbocycles. The average molecular weight is 380 g/mol. The Balaban J connectivity index is 1.67. The van der Waals surface area contributed by atoms with Crippen LogP contribution in [0.1, 0.15) is 24.9 Å². The van der Waals surface area contributed by atoms with E-state index in [4.69, 9.17) is 0 Å². The molecule has 0 aromatic heterocycles. The fraction of sp³-hybridized carbons (Fsp3) is 0.529. The summed E-state index contributed by atoms with van der Waals surface area (Å²) in [4.78, 5) is 26.1. The van der Waals surface area contributed by atoms with Crippen LogP contribution >= 0.6 is 15.9 Å². The number of fused-ring (bicyclic) bond motifs is 1. The number of carbonyl (C=O) groups excluding carboxylic acids is 2. The van der Waals surface area contributed by atoms with Crippen molar-refractivity contribution in [1.29, 1.82) is 0 Å². The largest absolute Gasteiger partial charge is 0.349 e. The number of nitrogens with zero attached hydrogens (tertiary/aromatic N) is 1. The molecule has 0 spiro atoms. The minimum Gasteiger partial charge on any atom is -0.349 e. The van der Waals surface area contributed by atoms with Crippen LogP contribution in [-0.4, -0.2) is 42.9 Å². The molecule has 3 atom stereocenters. The van der Waals surface area contributed by atoms with Crippen molar-refractivity contribution >= 4 is 27.7 Å². The Hall–Kier alpha value is -1.40. The highest BCUT2D eigenvalue weighted by Gasteiger charge is 2.38. The van der Waals surface area contributed by atoms with Crippen molar-refractivity contribution in [2.45, 2.75) is 19.4 Å². The van der Waals surface area contributed by atoms with E-state index in [-0.39, 0.29) is 17.9 Å². The van der Waals surface area contributed by atoms with Crippen LogP contribution in [0.4, 0.5) is 0 Å². The van der Waals surface area contributed by atoms with Gasteiger partial charge in [-0.3, -0.25) is 9.59 Å². The molecular formula is C17H22BrN3O2. The third-order valence-corrected chi connectivity index (χ3v) is 5.30. The van der Waals surface area contributed by atoms with Gasteiger partial charge in [-0.1, -0.05) is 28.1 Å². The van der Waals surface area contributed by atoms with Gasteiger partial charge in [0, 0.05) is 37.6 Å². The van der Waals surface area contributed by atoms with Gasteiger partial charge in [-0.15, -0.1) is 0 Å². The van der Waals surface area contributed by atoms with Crippen molar-refractivity contribution < 1.29 is 9.59 Å². The molecule has 1 aromatic carbocycles.